The Labute approximate surface area is 161 Å². The fourth-order valence-corrected chi connectivity index (χ4v) is 2.28. The van der Waals surface area contributed by atoms with Crippen molar-refractivity contribution in [2.24, 2.45) is 0 Å². The summed E-state index contributed by atoms with van der Waals surface area (Å²) in [6.45, 7) is -0.0981. The van der Waals surface area contributed by atoms with Crippen molar-refractivity contribution in [2.45, 2.75) is 0 Å². The Morgan fingerprint density at radius 2 is 1.96 bits per heavy atom. The van der Waals surface area contributed by atoms with E-state index in [2.05, 4.69) is 10.9 Å². The van der Waals surface area contributed by atoms with Crippen molar-refractivity contribution in [3.63, 3.8) is 0 Å². The van der Waals surface area contributed by atoms with Gasteiger partial charge in [0.2, 0.25) is 0 Å². The molecule has 0 saturated carbocycles. The molecule has 0 fully saturated rings. The summed E-state index contributed by atoms with van der Waals surface area (Å²) >= 11 is 5.92. The van der Waals surface area contributed by atoms with Crippen LogP contribution < -0.4 is 20.3 Å². The highest BCUT2D eigenvalue weighted by Crippen LogP contribution is 2.28. The third-order valence-corrected chi connectivity index (χ3v) is 3.65. The first kappa shape index (κ1) is 19.8. The molecule has 27 heavy (non-hydrogen) atoms. The summed E-state index contributed by atoms with van der Waals surface area (Å²) in [6, 6.07) is 13.3. The molecule has 2 rings (SSSR count). The maximum atomic E-state index is 12.0. The van der Waals surface area contributed by atoms with Crippen LogP contribution in [-0.2, 0) is 4.79 Å². The molecular formula is C19H16ClN3O4. The number of hydrogen-bond acceptors (Lipinski definition) is 5. The predicted molar refractivity (Wildman–Crippen MR) is 100 cm³/mol. The Hall–Kier alpha value is -3.50. The fraction of sp³-hybridized carbons (Fsp3) is 0.105. The maximum Gasteiger partial charge on any atom is 0.271 e. The largest absolute Gasteiger partial charge is 0.493 e. The Bertz CT molecular complexity index is 906. The number of nitrogens with one attached hydrogen (secondary N) is 2. The molecule has 0 radical (unpaired) electrons. The molecule has 0 saturated heterocycles. The average Bonchev–Trinajstić information content (AvgIpc) is 2.69. The highest BCUT2D eigenvalue weighted by Gasteiger charge is 2.09. The fourth-order valence-electron chi connectivity index (χ4n) is 2.06. The van der Waals surface area contributed by atoms with Crippen LogP contribution in [0.15, 0.2) is 48.5 Å². The minimum atomic E-state index is -0.529. The zero-order valence-corrected chi connectivity index (χ0v) is 15.1. The molecule has 0 bridgehead atoms. The summed E-state index contributed by atoms with van der Waals surface area (Å²) in [5.41, 5.74) is 5.47. The first-order valence-electron chi connectivity index (χ1n) is 7.76. The number of hydrazine groups is 1. The molecule has 2 N–H and O–H groups in total. The first-order valence-corrected chi connectivity index (χ1v) is 8.13. The van der Waals surface area contributed by atoms with Crippen LogP contribution in [0.3, 0.4) is 0 Å². The van der Waals surface area contributed by atoms with Crippen LogP contribution in [0, 0.1) is 11.3 Å². The number of carbonyl (C=O) groups is 2. The van der Waals surface area contributed by atoms with E-state index >= 15 is 0 Å². The number of carbonyl (C=O) groups excluding carboxylic acids is 2. The number of nitriles is 1. The van der Waals surface area contributed by atoms with Crippen molar-refractivity contribution in [3.8, 4) is 17.6 Å². The number of benzene rings is 2. The zero-order chi connectivity index (χ0) is 19.6. The first-order chi connectivity index (χ1) is 13.0. The van der Waals surface area contributed by atoms with E-state index in [9.17, 15) is 9.59 Å². The number of halogens is 1. The van der Waals surface area contributed by atoms with Crippen molar-refractivity contribution in [2.75, 3.05) is 13.7 Å². The number of rotatable bonds is 6. The van der Waals surface area contributed by atoms with Gasteiger partial charge in [0.05, 0.1) is 17.7 Å². The molecule has 138 valence electrons. The van der Waals surface area contributed by atoms with Crippen molar-refractivity contribution in [1.29, 1.82) is 5.26 Å². The van der Waals surface area contributed by atoms with Crippen LogP contribution >= 0.6 is 11.6 Å². The van der Waals surface area contributed by atoms with E-state index < -0.39 is 11.8 Å². The van der Waals surface area contributed by atoms with Gasteiger partial charge in [-0.15, -0.1) is 0 Å². The third kappa shape index (κ3) is 5.76. The van der Waals surface area contributed by atoms with Gasteiger partial charge in [-0.25, -0.2) is 0 Å². The van der Waals surface area contributed by atoms with E-state index in [1.165, 1.54) is 19.3 Å². The maximum absolute atomic E-state index is 12.0. The monoisotopic (exact) mass is 385 g/mol. The van der Waals surface area contributed by atoms with E-state index in [0.29, 0.717) is 17.1 Å². The summed E-state index contributed by atoms with van der Waals surface area (Å²) in [7, 11) is 1.47. The lowest BCUT2D eigenvalue weighted by Gasteiger charge is -2.09. The Balaban J connectivity index is 1.95. The van der Waals surface area contributed by atoms with E-state index in [1.807, 2.05) is 6.07 Å². The molecule has 0 aliphatic carbocycles. The molecule has 0 heterocycles. The molecule has 0 aromatic heterocycles. The van der Waals surface area contributed by atoms with Crippen LogP contribution in [0.2, 0.25) is 5.02 Å². The molecule has 2 amide bonds. The molecule has 0 unspecified atom stereocenters. The van der Waals surface area contributed by atoms with Gasteiger partial charge in [-0.1, -0.05) is 29.8 Å². The second-order valence-corrected chi connectivity index (χ2v) is 5.52. The van der Waals surface area contributed by atoms with Crippen LogP contribution in [0.5, 0.6) is 11.5 Å². The van der Waals surface area contributed by atoms with Gasteiger partial charge >= 0.3 is 0 Å². The van der Waals surface area contributed by atoms with Gasteiger partial charge in [-0.3, -0.25) is 20.4 Å². The molecule has 8 heteroatoms. The summed E-state index contributed by atoms with van der Waals surface area (Å²) in [4.78, 5) is 23.8. The molecule has 2 aromatic rings. The lowest BCUT2D eigenvalue weighted by atomic mass is 10.2. The van der Waals surface area contributed by atoms with E-state index in [-0.39, 0.29) is 17.2 Å². The highest BCUT2D eigenvalue weighted by molar-refractivity contribution is 6.33. The highest BCUT2D eigenvalue weighted by atomic mass is 35.5. The SMILES string of the molecule is COc1cc(C=CC(=O)NNC(=O)c2ccccc2Cl)ccc1OCC#N. The molecule has 0 aliphatic rings. The van der Waals surface area contributed by atoms with Gasteiger partial charge in [0, 0.05) is 6.08 Å². The summed E-state index contributed by atoms with van der Waals surface area (Å²) in [6.07, 6.45) is 2.78. The standard InChI is InChI=1S/C19H16ClN3O4/c1-26-17-12-13(6-8-16(17)27-11-10-21)7-9-18(24)22-23-19(25)14-4-2-3-5-15(14)20/h2-9,12H,11H2,1H3,(H,22,24)(H,23,25). The molecule has 7 nitrogen and oxygen atoms in total. The van der Waals surface area contributed by atoms with Gasteiger partial charge in [0.15, 0.2) is 18.1 Å². The Morgan fingerprint density at radius 1 is 1.19 bits per heavy atom. The van der Waals surface area contributed by atoms with Crippen LogP contribution in [-0.4, -0.2) is 25.5 Å². The zero-order valence-electron chi connectivity index (χ0n) is 14.4. The lowest BCUT2D eigenvalue weighted by Crippen LogP contribution is -2.40. The number of hydrogen-bond donors (Lipinski definition) is 2. The Morgan fingerprint density at radius 3 is 2.67 bits per heavy atom. The van der Waals surface area contributed by atoms with Gasteiger partial charge < -0.3 is 9.47 Å². The second kappa shape index (κ2) is 9.85. The van der Waals surface area contributed by atoms with Gasteiger partial charge in [0.1, 0.15) is 6.07 Å². The minimum Gasteiger partial charge on any atom is -0.493 e. The number of amides is 2. The van der Waals surface area contributed by atoms with Gasteiger partial charge in [-0.2, -0.15) is 5.26 Å². The van der Waals surface area contributed by atoms with Crippen LogP contribution in [0.1, 0.15) is 15.9 Å². The molecular weight excluding hydrogens is 370 g/mol. The van der Waals surface area contributed by atoms with Crippen LogP contribution in [0.25, 0.3) is 6.08 Å². The van der Waals surface area contributed by atoms with Gasteiger partial charge in [-0.05, 0) is 35.9 Å². The van der Waals surface area contributed by atoms with Crippen molar-refractivity contribution >= 4 is 29.5 Å². The average molecular weight is 386 g/mol. The molecule has 0 atom stereocenters. The van der Waals surface area contributed by atoms with Crippen molar-refractivity contribution < 1.29 is 19.1 Å². The Kier molecular flexibility index (Phi) is 7.23. The number of nitrogens with zero attached hydrogens (tertiary/aromatic N) is 1. The minimum absolute atomic E-state index is 0.0981. The van der Waals surface area contributed by atoms with Crippen molar-refractivity contribution in [3.05, 3.63) is 64.7 Å². The van der Waals surface area contributed by atoms with Crippen molar-refractivity contribution in [1.82, 2.24) is 10.9 Å². The molecule has 0 spiro atoms. The summed E-state index contributed by atoms with van der Waals surface area (Å²) < 4.78 is 10.4. The van der Waals surface area contributed by atoms with E-state index in [1.54, 1.807) is 42.5 Å². The van der Waals surface area contributed by atoms with E-state index in [4.69, 9.17) is 26.3 Å². The number of ether oxygens (including phenoxy) is 2. The smallest absolute Gasteiger partial charge is 0.271 e. The lowest BCUT2D eigenvalue weighted by molar-refractivity contribution is -0.117. The molecule has 0 aliphatic heterocycles. The summed E-state index contributed by atoms with van der Waals surface area (Å²) in [5, 5.41) is 8.84. The van der Waals surface area contributed by atoms with E-state index in [0.717, 1.165) is 0 Å². The van der Waals surface area contributed by atoms with Gasteiger partial charge in [0.25, 0.3) is 11.8 Å². The quantitative estimate of drug-likeness (QED) is 0.588. The number of methoxy groups -OCH3 is 1. The molecule has 2 aromatic carbocycles. The normalized spacial score (nSPS) is 10.1. The third-order valence-electron chi connectivity index (χ3n) is 3.32. The topological polar surface area (TPSA) is 100 Å². The predicted octanol–water partition coefficient (Wildman–Crippen LogP) is 2.73. The van der Waals surface area contributed by atoms with Crippen LogP contribution in [0.4, 0.5) is 0 Å². The second-order valence-electron chi connectivity index (χ2n) is 5.11. The summed E-state index contributed by atoms with van der Waals surface area (Å²) in [5.74, 6) is -0.199.